The van der Waals surface area contributed by atoms with Crippen molar-refractivity contribution >= 4 is 29.9 Å². The standard InChI is InChI=1S/C17H36N4O.HI/c1-17(2,3)15(22-5)14-20-16(18-4)19-10-13-21-11-8-6-7-9-12-21;/h15H,6-14H2,1-5H3,(H2,18,19,20);1H. The molecule has 0 spiro atoms. The van der Waals surface area contributed by atoms with Crippen LogP contribution in [0, 0.1) is 5.41 Å². The zero-order valence-corrected chi connectivity index (χ0v) is 18.0. The monoisotopic (exact) mass is 440 g/mol. The number of rotatable bonds is 6. The number of likely N-dealkylation sites (tertiary alicyclic amines) is 1. The van der Waals surface area contributed by atoms with Crippen molar-refractivity contribution in [1.29, 1.82) is 0 Å². The molecule has 5 nitrogen and oxygen atoms in total. The number of aliphatic imine (C=N–C) groups is 1. The molecule has 1 atom stereocenters. The number of guanidine groups is 1. The van der Waals surface area contributed by atoms with Gasteiger partial charge in [-0.25, -0.2) is 0 Å². The summed E-state index contributed by atoms with van der Waals surface area (Å²) >= 11 is 0. The smallest absolute Gasteiger partial charge is 0.191 e. The molecular formula is C17H37IN4O. The minimum atomic E-state index is 0. The van der Waals surface area contributed by atoms with E-state index < -0.39 is 0 Å². The van der Waals surface area contributed by atoms with Crippen molar-refractivity contribution in [1.82, 2.24) is 15.5 Å². The van der Waals surface area contributed by atoms with Gasteiger partial charge >= 0.3 is 0 Å². The Hall–Kier alpha value is -0.0800. The van der Waals surface area contributed by atoms with E-state index in [1.807, 2.05) is 7.05 Å². The van der Waals surface area contributed by atoms with Crippen LogP contribution in [0.5, 0.6) is 0 Å². The summed E-state index contributed by atoms with van der Waals surface area (Å²) in [6.45, 7) is 11.9. The second-order valence-electron chi connectivity index (χ2n) is 7.23. The molecule has 0 aromatic carbocycles. The van der Waals surface area contributed by atoms with Crippen LogP contribution < -0.4 is 10.6 Å². The van der Waals surface area contributed by atoms with Crippen LogP contribution in [0.2, 0.25) is 0 Å². The maximum absolute atomic E-state index is 5.57. The molecule has 0 aromatic rings. The molecule has 1 unspecified atom stereocenters. The molecule has 6 heteroatoms. The average Bonchev–Trinajstić information content (AvgIpc) is 2.73. The number of methoxy groups -OCH3 is 1. The summed E-state index contributed by atoms with van der Waals surface area (Å²) in [4.78, 5) is 6.85. The Morgan fingerprint density at radius 1 is 1.13 bits per heavy atom. The van der Waals surface area contributed by atoms with E-state index in [1.54, 1.807) is 7.11 Å². The summed E-state index contributed by atoms with van der Waals surface area (Å²) in [6, 6.07) is 0. The van der Waals surface area contributed by atoms with Crippen LogP contribution in [0.4, 0.5) is 0 Å². The van der Waals surface area contributed by atoms with Crippen LogP contribution in [-0.4, -0.2) is 63.8 Å². The van der Waals surface area contributed by atoms with Gasteiger partial charge in [-0.3, -0.25) is 4.99 Å². The summed E-state index contributed by atoms with van der Waals surface area (Å²) in [5.74, 6) is 0.862. The number of hydrogen-bond acceptors (Lipinski definition) is 3. The van der Waals surface area contributed by atoms with E-state index in [-0.39, 0.29) is 35.5 Å². The van der Waals surface area contributed by atoms with Gasteiger partial charge in [-0.2, -0.15) is 0 Å². The molecule has 1 fully saturated rings. The third kappa shape index (κ3) is 9.72. The summed E-state index contributed by atoms with van der Waals surface area (Å²) in [6.07, 6.45) is 5.62. The van der Waals surface area contributed by atoms with Crippen LogP contribution in [0.1, 0.15) is 46.5 Å². The maximum atomic E-state index is 5.57. The van der Waals surface area contributed by atoms with Gasteiger partial charge in [0.15, 0.2) is 5.96 Å². The lowest BCUT2D eigenvalue weighted by Gasteiger charge is -2.30. The highest BCUT2D eigenvalue weighted by Gasteiger charge is 2.24. The molecule has 0 aromatic heterocycles. The zero-order valence-electron chi connectivity index (χ0n) is 15.7. The number of nitrogens with one attached hydrogen (secondary N) is 2. The van der Waals surface area contributed by atoms with Gasteiger partial charge < -0.3 is 20.3 Å². The third-order valence-corrected chi connectivity index (χ3v) is 4.35. The summed E-state index contributed by atoms with van der Waals surface area (Å²) in [7, 11) is 3.59. The van der Waals surface area contributed by atoms with Gasteiger partial charge in [0.1, 0.15) is 0 Å². The van der Waals surface area contributed by atoms with E-state index in [0.29, 0.717) is 0 Å². The Morgan fingerprint density at radius 3 is 2.22 bits per heavy atom. The quantitative estimate of drug-likeness (QED) is 0.379. The minimum absolute atomic E-state index is 0. The zero-order chi connectivity index (χ0) is 16.4. The largest absolute Gasteiger partial charge is 0.379 e. The van der Waals surface area contributed by atoms with E-state index in [2.05, 4.69) is 41.3 Å². The van der Waals surface area contributed by atoms with E-state index in [0.717, 1.165) is 25.6 Å². The first kappa shape index (κ1) is 22.9. The molecule has 0 saturated carbocycles. The van der Waals surface area contributed by atoms with Crippen molar-refractivity contribution in [3.63, 3.8) is 0 Å². The molecule has 0 amide bonds. The van der Waals surface area contributed by atoms with Crippen molar-refractivity contribution in [2.45, 2.75) is 52.6 Å². The molecule has 1 aliphatic heterocycles. The number of hydrogen-bond donors (Lipinski definition) is 2. The third-order valence-electron chi connectivity index (χ3n) is 4.35. The molecule has 138 valence electrons. The van der Waals surface area contributed by atoms with Crippen LogP contribution in [-0.2, 0) is 4.74 Å². The second kappa shape index (κ2) is 12.3. The molecule has 1 saturated heterocycles. The fourth-order valence-corrected chi connectivity index (χ4v) is 2.85. The highest BCUT2D eigenvalue weighted by atomic mass is 127. The fraction of sp³-hybridized carbons (Fsp3) is 0.941. The normalized spacial score (nSPS) is 18.7. The van der Waals surface area contributed by atoms with Crippen molar-refractivity contribution in [2.75, 3.05) is 46.9 Å². The first-order valence-corrected chi connectivity index (χ1v) is 8.67. The molecule has 1 rings (SSSR count). The van der Waals surface area contributed by atoms with Gasteiger partial charge in [0.05, 0.1) is 6.10 Å². The summed E-state index contributed by atoms with van der Waals surface area (Å²) < 4.78 is 5.57. The highest BCUT2D eigenvalue weighted by Crippen LogP contribution is 2.20. The summed E-state index contributed by atoms with van der Waals surface area (Å²) in [5, 5.41) is 6.78. The van der Waals surface area contributed by atoms with Gasteiger partial charge in [0.2, 0.25) is 0 Å². The van der Waals surface area contributed by atoms with Gasteiger partial charge in [0.25, 0.3) is 0 Å². The lowest BCUT2D eigenvalue weighted by Crippen LogP contribution is -2.46. The van der Waals surface area contributed by atoms with Crippen molar-refractivity contribution in [3.05, 3.63) is 0 Å². The first-order chi connectivity index (χ1) is 10.5. The summed E-state index contributed by atoms with van der Waals surface area (Å²) in [5.41, 5.74) is 0.118. The molecule has 0 aliphatic carbocycles. The van der Waals surface area contributed by atoms with Crippen molar-refractivity contribution in [2.24, 2.45) is 10.4 Å². The Balaban J connectivity index is 0.00000484. The van der Waals surface area contributed by atoms with Crippen molar-refractivity contribution in [3.8, 4) is 0 Å². The van der Waals surface area contributed by atoms with Crippen LogP contribution in [0.3, 0.4) is 0 Å². The van der Waals surface area contributed by atoms with Crippen molar-refractivity contribution < 1.29 is 4.74 Å². The second-order valence-corrected chi connectivity index (χ2v) is 7.23. The fourth-order valence-electron chi connectivity index (χ4n) is 2.85. The van der Waals surface area contributed by atoms with Gasteiger partial charge in [0, 0.05) is 33.8 Å². The lowest BCUT2D eigenvalue weighted by atomic mass is 9.89. The minimum Gasteiger partial charge on any atom is -0.379 e. The highest BCUT2D eigenvalue weighted by molar-refractivity contribution is 14.0. The Bertz CT molecular complexity index is 323. The predicted molar refractivity (Wildman–Crippen MR) is 110 cm³/mol. The average molecular weight is 440 g/mol. The van der Waals surface area contributed by atoms with E-state index >= 15 is 0 Å². The molecular weight excluding hydrogens is 403 g/mol. The lowest BCUT2D eigenvalue weighted by molar-refractivity contribution is 0.0205. The molecule has 1 aliphatic rings. The maximum Gasteiger partial charge on any atom is 0.191 e. The SMILES string of the molecule is CN=C(NCCN1CCCCCC1)NCC(OC)C(C)(C)C.I. The van der Waals surface area contributed by atoms with E-state index in [9.17, 15) is 0 Å². The van der Waals surface area contributed by atoms with Crippen LogP contribution in [0.15, 0.2) is 4.99 Å². The van der Waals surface area contributed by atoms with Crippen LogP contribution in [0.25, 0.3) is 0 Å². The van der Waals surface area contributed by atoms with Gasteiger partial charge in [-0.1, -0.05) is 33.6 Å². The molecule has 23 heavy (non-hydrogen) atoms. The Labute approximate surface area is 160 Å². The first-order valence-electron chi connectivity index (χ1n) is 8.67. The molecule has 0 bridgehead atoms. The van der Waals surface area contributed by atoms with E-state index in [1.165, 1.54) is 38.8 Å². The number of halogens is 1. The number of nitrogens with zero attached hydrogens (tertiary/aromatic N) is 2. The molecule has 2 N–H and O–H groups in total. The number of ether oxygens (including phenoxy) is 1. The van der Waals surface area contributed by atoms with Gasteiger partial charge in [-0.05, 0) is 31.3 Å². The van der Waals surface area contributed by atoms with Gasteiger partial charge in [-0.15, -0.1) is 24.0 Å². The Kier molecular flexibility index (Phi) is 12.3. The molecule has 1 heterocycles. The van der Waals surface area contributed by atoms with E-state index in [4.69, 9.17) is 4.74 Å². The topological polar surface area (TPSA) is 48.9 Å². The predicted octanol–water partition coefficient (Wildman–Crippen LogP) is 2.71. The van der Waals surface area contributed by atoms with Crippen LogP contribution >= 0.6 is 24.0 Å². The molecule has 0 radical (unpaired) electrons. The Morgan fingerprint density at radius 2 is 1.74 bits per heavy atom.